The molecule has 0 fully saturated rings. The van der Waals surface area contributed by atoms with Gasteiger partial charge in [0.1, 0.15) is 6.42 Å². The first-order chi connectivity index (χ1) is 13.5. The van der Waals surface area contributed by atoms with Crippen molar-refractivity contribution in [3.05, 3.63) is 71.8 Å². The zero-order valence-electron chi connectivity index (χ0n) is 15.9. The maximum atomic E-state index is 12.7. The lowest BCUT2D eigenvalue weighted by molar-refractivity contribution is -0.148. The van der Waals surface area contributed by atoms with E-state index in [0.717, 1.165) is 11.1 Å². The van der Waals surface area contributed by atoms with Gasteiger partial charge in [-0.25, -0.2) is 0 Å². The first-order valence-corrected chi connectivity index (χ1v) is 9.24. The molecule has 0 aliphatic carbocycles. The fourth-order valence-corrected chi connectivity index (χ4v) is 3.02. The van der Waals surface area contributed by atoms with E-state index in [1.807, 2.05) is 60.7 Å². The molecule has 1 N–H and O–H groups in total. The Kier molecular flexibility index (Phi) is 8.21. The average molecular weight is 383 g/mol. The third kappa shape index (κ3) is 6.87. The normalized spacial score (nSPS) is 11.5. The van der Waals surface area contributed by atoms with E-state index in [4.69, 9.17) is 9.84 Å². The van der Waals surface area contributed by atoms with Gasteiger partial charge in [0.05, 0.1) is 13.0 Å². The Morgan fingerprint density at radius 1 is 0.964 bits per heavy atom. The first-order valence-electron chi connectivity index (χ1n) is 9.24. The molecule has 2 aromatic carbocycles. The summed E-state index contributed by atoms with van der Waals surface area (Å²) in [6.07, 6.45) is -0.195. The Balaban J connectivity index is 2.31. The number of hydrogen-bond acceptors (Lipinski definition) is 4. The summed E-state index contributed by atoms with van der Waals surface area (Å²) < 4.78 is 5.08. The largest absolute Gasteiger partial charge is 0.481 e. The summed E-state index contributed by atoms with van der Waals surface area (Å²) in [5.41, 5.74) is 1.82. The van der Waals surface area contributed by atoms with Crippen LogP contribution in [-0.2, 0) is 32.1 Å². The standard InChI is InChI=1S/C22H25NO5/c1-2-28-22(27)14-19(13-17-9-5-3-6-10-17)23(20(24)15-21(25)26)16-18-11-7-4-8-12-18/h3-12,19H,2,13-16H2,1H3,(H,25,26)/t19-/m1/s1. The fraction of sp³-hybridized carbons (Fsp3) is 0.318. The highest BCUT2D eigenvalue weighted by Crippen LogP contribution is 2.18. The molecule has 1 amide bonds. The fourth-order valence-electron chi connectivity index (χ4n) is 3.02. The number of nitrogens with zero attached hydrogens (tertiary/aromatic N) is 1. The highest BCUT2D eigenvalue weighted by molar-refractivity contribution is 5.93. The second kappa shape index (κ2) is 10.9. The number of carboxylic acids is 1. The molecule has 0 unspecified atom stereocenters. The molecule has 1 atom stereocenters. The molecular weight excluding hydrogens is 358 g/mol. The molecule has 2 aromatic rings. The maximum Gasteiger partial charge on any atom is 0.312 e. The molecule has 148 valence electrons. The summed E-state index contributed by atoms with van der Waals surface area (Å²) >= 11 is 0. The first kappa shape index (κ1) is 21.2. The van der Waals surface area contributed by atoms with Crippen molar-refractivity contribution in [1.82, 2.24) is 4.90 Å². The minimum absolute atomic E-state index is 0.000920. The van der Waals surface area contributed by atoms with E-state index in [1.165, 1.54) is 4.90 Å². The second-order valence-electron chi connectivity index (χ2n) is 6.43. The van der Waals surface area contributed by atoms with Crippen molar-refractivity contribution >= 4 is 17.8 Å². The minimum atomic E-state index is -1.20. The van der Waals surface area contributed by atoms with Crippen molar-refractivity contribution in [2.24, 2.45) is 0 Å². The Bertz CT molecular complexity index is 776. The summed E-state index contributed by atoms with van der Waals surface area (Å²) in [6.45, 7) is 2.20. The van der Waals surface area contributed by atoms with E-state index in [-0.39, 0.29) is 19.6 Å². The summed E-state index contributed by atoms with van der Waals surface area (Å²) in [6, 6.07) is 18.3. The summed E-state index contributed by atoms with van der Waals surface area (Å²) in [5, 5.41) is 9.10. The number of ether oxygens (including phenoxy) is 1. The van der Waals surface area contributed by atoms with Crippen LogP contribution >= 0.6 is 0 Å². The van der Waals surface area contributed by atoms with Gasteiger partial charge >= 0.3 is 11.9 Å². The third-order valence-electron chi connectivity index (χ3n) is 4.28. The number of aliphatic carboxylic acids is 1. The van der Waals surface area contributed by atoms with Crippen molar-refractivity contribution in [2.45, 2.75) is 38.8 Å². The predicted molar refractivity (Wildman–Crippen MR) is 104 cm³/mol. The molecular formula is C22H25NO5. The zero-order valence-corrected chi connectivity index (χ0v) is 15.9. The van der Waals surface area contributed by atoms with Crippen LogP contribution in [0, 0.1) is 0 Å². The van der Waals surface area contributed by atoms with Crippen LogP contribution in [0.5, 0.6) is 0 Å². The molecule has 0 bridgehead atoms. The Hall–Kier alpha value is -3.15. The SMILES string of the molecule is CCOC(=O)C[C@@H](Cc1ccccc1)N(Cc1ccccc1)C(=O)CC(=O)O. The lowest BCUT2D eigenvalue weighted by atomic mass is 10.0. The van der Waals surface area contributed by atoms with E-state index in [2.05, 4.69) is 0 Å². The van der Waals surface area contributed by atoms with Gasteiger partial charge in [0.2, 0.25) is 5.91 Å². The molecule has 0 aliphatic heterocycles. The maximum absolute atomic E-state index is 12.7. The molecule has 6 heteroatoms. The number of benzene rings is 2. The van der Waals surface area contributed by atoms with Crippen molar-refractivity contribution in [2.75, 3.05) is 6.61 Å². The van der Waals surface area contributed by atoms with Gasteiger partial charge in [-0.05, 0) is 24.5 Å². The van der Waals surface area contributed by atoms with Gasteiger partial charge < -0.3 is 14.7 Å². The van der Waals surface area contributed by atoms with Crippen LogP contribution in [0.15, 0.2) is 60.7 Å². The number of carbonyl (C=O) groups is 3. The molecule has 0 aromatic heterocycles. The van der Waals surface area contributed by atoms with Crippen LogP contribution in [0.1, 0.15) is 30.9 Å². The second-order valence-corrected chi connectivity index (χ2v) is 6.43. The quantitative estimate of drug-likeness (QED) is 0.504. The van der Waals surface area contributed by atoms with Crippen LogP contribution < -0.4 is 0 Å². The van der Waals surface area contributed by atoms with Crippen LogP contribution in [0.4, 0.5) is 0 Å². The van der Waals surface area contributed by atoms with E-state index in [0.29, 0.717) is 6.42 Å². The molecule has 2 rings (SSSR count). The number of rotatable bonds is 10. The van der Waals surface area contributed by atoms with E-state index >= 15 is 0 Å². The van der Waals surface area contributed by atoms with Crippen LogP contribution in [0.25, 0.3) is 0 Å². The van der Waals surface area contributed by atoms with E-state index < -0.39 is 30.3 Å². The van der Waals surface area contributed by atoms with Gasteiger partial charge in [0.15, 0.2) is 0 Å². The molecule has 0 saturated carbocycles. The monoisotopic (exact) mass is 383 g/mol. The zero-order chi connectivity index (χ0) is 20.4. The molecule has 0 saturated heterocycles. The van der Waals surface area contributed by atoms with E-state index in [1.54, 1.807) is 6.92 Å². The van der Waals surface area contributed by atoms with Crippen molar-refractivity contribution in [3.8, 4) is 0 Å². The molecule has 6 nitrogen and oxygen atoms in total. The topological polar surface area (TPSA) is 83.9 Å². The predicted octanol–water partition coefficient (Wildman–Crippen LogP) is 3.05. The number of hydrogen-bond donors (Lipinski definition) is 1. The number of carbonyl (C=O) groups excluding carboxylic acids is 2. The molecule has 28 heavy (non-hydrogen) atoms. The Morgan fingerprint density at radius 2 is 1.54 bits per heavy atom. The van der Waals surface area contributed by atoms with Crippen LogP contribution in [0.3, 0.4) is 0 Å². The van der Waals surface area contributed by atoms with Crippen molar-refractivity contribution in [3.63, 3.8) is 0 Å². The average Bonchev–Trinajstić information content (AvgIpc) is 2.67. The summed E-state index contributed by atoms with van der Waals surface area (Å²) in [5.74, 6) is -2.14. The summed E-state index contributed by atoms with van der Waals surface area (Å²) in [7, 11) is 0. The third-order valence-corrected chi connectivity index (χ3v) is 4.28. The Morgan fingerprint density at radius 3 is 2.07 bits per heavy atom. The number of esters is 1. The van der Waals surface area contributed by atoms with Gasteiger partial charge in [0.25, 0.3) is 0 Å². The van der Waals surface area contributed by atoms with Gasteiger partial charge in [-0.1, -0.05) is 60.7 Å². The smallest absolute Gasteiger partial charge is 0.312 e. The van der Waals surface area contributed by atoms with Crippen molar-refractivity contribution in [1.29, 1.82) is 0 Å². The number of amides is 1. The van der Waals surface area contributed by atoms with Gasteiger partial charge in [-0.2, -0.15) is 0 Å². The van der Waals surface area contributed by atoms with E-state index in [9.17, 15) is 14.4 Å². The Labute approximate surface area is 164 Å². The molecule has 0 aliphatic rings. The van der Waals surface area contributed by atoms with Crippen molar-refractivity contribution < 1.29 is 24.2 Å². The van der Waals surface area contributed by atoms with Gasteiger partial charge in [-0.15, -0.1) is 0 Å². The highest BCUT2D eigenvalue weighted by Gasteiger charge is 2.28. The molecule has 0 spiro atoms. The van der Waals surface area contributed by atoms with Gasteiger partial charge in [-0.3, -0.25) is 14.4 Å². The molecule has 0 heterocycles. The minimum Gasteiger partial charge on any atom is -0.481 e. The lowest BCUT2D eigenvalue weighted by Crippen LogP contribution is -2.43. The highest BCUT2D eigenvalue weighted by atomic mass is 16.5. The number of carboxylic acid groups (broad SMARTS) is 1. The molecule has 0 radical (unpaired) electrons. The van der Waals surface area contributed by atoms with Gasteiger partial charge in [0, 0.05) is 12.6 Å². The lowest BCUT2D eigenvalue weighted by Gasteiger charge is -2.31. The van der Waals surface area contributed by atoms with Crippen LogP contribution in [0.2, 0.25) is 0 Å². The van der Waals surface area contributed by atoms with Crippen LogP contribution in [-0.4, -0.2) is 40.5 Å². The summed E-state index contributed by atoms with van der Waals surface area (Å²) in [4.78, 5) is 37.5.